The summed E-state index contributed by atoms with van der Waals surface area (Å²) in [5.41, 5.74) is 0.204. The molecule has 0 radical (unpaired) electrons. The van der Waals surface area contributed by atoms with E-state index in [4.69, 9.17) is 16.3 Å². The molecule has 180 valence electrons. The average Bonchev–Trinajstić information content (AvgIpc) is 3.70. The minimum Gasteiger partial charge on any atom is -0.476 e. The van der Waals surface area contributed by atoms with E-state index in [9.17, 15) is 13.2 Å². The maximum atomic E-state index is 12.6. The number of hydrogen-bond donors (Lipinski definition) is 1. The fourth-order valence-corrected chi connectivity index (χ4v) is 5.62. The quantitative estimate of drug-likeness (QED) is 0.445. The lowest BCUT2D eigenvalue weighted by Crippen LogP contribution is -2.31. The van der Waals surface area contributed by atoms with Crippen molar-refractivity contribution in [1.29, 1.82) is 0 Å². The second-order valence-electron chi connectivity index (χ2n) is 8.94. The van der Waals surface area contributed by atoms with Crippen LogP contribution in [0.4, 0.5) is 0 Å². The Morgan fingerprint density at radius 1 is 1.21 bits per heavy atom. The highest BCUT2D eigenvalue weighted by molar-refractivity contribution is 7.90. The van der Waals surface area contributed by atoms with E-state index < -0.39 is 15.9 Å². The van der Waals surface area contributed by atoms with Gasteiger partial charge in [0, 0.05) is 25.5 Å². The molecule has 3 aromatic heterocycles. The van der Waals surface area contributed by atoms with Crippen LogP contribution in [0, 0.1) is 24.7 Å². The summed E-state index contributed by atoms with van der Waals surface area (Å²) in [6.45, 7) is 2.22. The molecule has 34 heavy (non-hydrogen) atoms. The zero-order chi connectivity index (χ0) is 24.0. The maximum Gasteiger partial charge on any atom is 0.268 e. The number of nitrogens with zero attached hydrogens (tertiary/aromatic N) is 5. The van der Waals surface area contributed by atoms with Crippen molar-refractivity contribution < 1.29 is 17.9 Å². The second kappa shape index (κ2) is 8.70. The van der Waals surface area contributed by atoms with Gasteiger partial charge >= 0.3 is 0 Å². The van der Waals surface area contributed by atoms with Gasteiger partial charge in [-0.2, -0.15) is 5.10 Å². The largest absolute Gasteiger partial charge is 0.476 e. The normalized spacial score (nSPS) is 16.1. The summed E-state index contributed by atoms with van der Waals surface area (Å²) in [6, 6.07) is 4.70. The Morgan fingerprint density at radius 2 is 1.91 bits per heavy atom. The lowest BCUT2D eigenvalue weighted by molar-refractivity contribution is 0.0981. The molecule has 10 nitrogen and oxygen atoms in total. The van der Waals surface area contributed by atoms with Crippen molar-refractivity contribution in [3.8, 4) is 11.7 Å². The van der Waals surface area contributed by atoms with Gasteiger partial charge in [-0.1, -0.05) is 11.6 Å². The minimum atomic E-state index is -4.11. The molecule has 0 atom stereocenters. The van der Waals surface area contributed by atoms with Gasteiger partial charge in [0.1, 0.15) is 10.0 Å². The van der Waals surface area contributed by atoms with Crippen molar-refractivity contribution in [3.05, 3.63) is 47.0 Å². The molecule has 1 amide bonds. The van der Waals surface area contributed by atoms with Crippen LogP contribution in [0.5, 0.6) is 5.88 Å². The van der Waals surface area contributed by atoms with E-state index in [2.05, 4.69) is 15.2 Å². The smallest absolute Gasteiger partial charge is 0.268 e. The van der Waals surface area contributed by atoms with E-state index in [1.807, 2.05) is 4.72 Å². The summed E-state index contributed by atoms with van der Waals surface area (Å²) in [5, 5.41) is 8.26. The lowest BCUT2D eigenvalue weighted by Gasteiger charge is -2.14. The summed E-state index contributed by atoms with van der Waals surface area (Å²) in [7, 11) is -2.52. The molecule has 0 aliphatic heterocycles. The molecule has 2 aliphatic rings. The number of carbonyl (C=O) groups is 1. The van der Waals surface area contributed by atoms with E-state index >= 15 is 0 Å². The van der Waals surface area contributed by atoms with Crippen molar-refractivity contribution >= 4 is 27.5 Å². The van der Waals surface area contributed by atoms with Crippen LogP contribution in [-0.2, 0) is 17.1 Å². The summed E-state index contributed by atoms with van der Waals surface area (Å²) >= 11 is 6.22. The van der Waals surface area contributed by atoms with Gasteiger partial charge in [-0.15, -0.1) is 5.10 Å². The number of rotatable bonds is 9. The third-order valence-electron chi connectivity index (χ3n) is 6.24. The molecule has 5 rings (SSSR count). The molecular formula is C22H25ClN6O4S. The zero-order valence-corrected chi connectivity index (χ0v) is 20.4. The van der Waals surface area contributed by atoms with Gasteiger partial charge in [0.2, 0.25) is 5.88 Å². The number of halogens is 1. The highest BCUT2D eigenvalue weighted by atomic mass is 35.5. The fraction of sp³-hybridized carbons (Fsp3) is 0.455. The second-order valence-corrected chi connectivity index (χ2v) is 11.0. The minimum absolute atomic E-state index is 0.0733. The van der Waals surface area contributed by atoms with Crippen molar-refractivity contribution in [1.82, 2.24) is 29.3 Å². The number of nitrogens with one attached hydrogen (secondary N) is 1. The van der Waals surface area contributed by atoms with Crippen LogP contribution in [0.25, 0.3) is 5.82 Å². The summed E-state index contributed by atoms with van der Waals surface area (Å²) in [6.07, 6.45) is 8.21. The molecule has 0 aromatic carbocycles. The number of carbonyl (C=O) groups excluding carboxylic acids is 1. The van der Waals surface area contributed by atoms with Crippen LogP contribution in [0.3, 0.4) is 0 Å². The first-order valence-electron chi connectivity index (χ1n) is 11.1. The average molecular weight is 505 g/mol. The van der Waals surface area contributed by atoms with Gasteiger partial charge in [0.25, 0.3) is 15.9 Å². The Labute approximate surface area is 202 Å². The molecule has 0 unspecified atom stereocenters. The van der Waals surface area contributed by atoms with E-state index in [1.54, 1.807) is 26.2 Å². The Kier molecular flexibility index (Phi) is 5.85. The van der Waals surface area contributed by atoms with Crippen molar-refractivity contribution in [2.24, 2.45) is 24.8 Å². The predicted molar refractivity (Wildman–Crippen MR) is 123 cm³/mol. The van der Waals surface area contributed by atoms with Crippen LogP contribution in [0.15, 0.2) is 35.5 Å². The number of aromatic nitrogens is 5. The molecule has 12 heteroatoms. The summed E-state index contributed by atoms with van der Waals surface area (Å²) in [4.78, 5) is 16.7. The number of pyridine rings is 1. The van der Waals surface area contributed by atoms with E-state index in [0.717, 1.165) is 11.8 Å². The van der Waals surface area contributed by atoms with Crippen LogP contribution in [0.2, 0.25) is 5.15 Å². The highest BCUT2D eigenvalue weighted by Crippen LogP contribution is 2.49. The molecule has 1 N–H and O–H groups in total. The Bertz CT molecular complexity index is 1330. The highest BCUT2D eigenvalue weighted by Gasteiger charge is 2.41. The van der Waals surface area contributed by atoms with E-state index in [-0.39, 0.29) is 21.3 Å². The molecule has 2 saturated carbocycles. The van der Waals surface area contributed by atoms with Crippen molar-refractivity contribution in [3.63, 3.8) is 0 Å². The SMILES string of the molecule is Cc1nn(C)cc1S(=O)(=O)NC(=O)c1ccc(-n2ccc(OCC(C3CC3)C3CC3)n2)nc1Cl. The van der Waals surface area contributed by atoms with Crippen molar-refractivity contribution in [2.45, 2.75) is 37.5 Å². The number of aryl methyl sites for hydroxylation is 2. The van der Waals surface area contributed by atoms with Gasteiger partial charge in [0.15, 0.2) is 5.82 Å². The topological polar surface area (TPSA) is 121 Å². The summed E-state index contributed by atoms with van der Waals surface area (Å²) < 4.78 is 36.0. The maximum absolute atomic E-state index is 12.6. The number of sulfonamides is 1. The first kappa shape index (κ1) is 22.9. The molecule has 0 bridgehead atoms. The molecule has 3 heterocycles. The third-order valence-corrected chi connectivity index (χ3v) is 7.96. The van der Waals surface area contributed by atoms with Gasteiger partial charge < -0.3 is 4.74 Å². The first-order chi connectivity index (χ1) is 16.2. The number of amides is 1. The van der Waals surface area contributed by atoms with Gasteiger partial charge in [0.05, 0.1) is 17.9 Å². The van der Waals surface area contributed by atoms with Gasteiger partial charge in [-0.05, 0) is 62.5 Å². The van der Waals surface area contributed by atoms with Crippen molar-refractivity contribution in [2.75, 3.05) is 6.61 Å². The fourth-order valence-electron chi connectivity index (χ4n) is 4.19. The zero-order valence-electron chi connectivity index (χ0n) is 18.8. The van der Waals surface area contributed by atoms with Crippen LogP contribution in [0.1, 0.15) is 41.7 Å². The van der Waals surface area contributed by atoms with Crippen LogP contribution < -0.4 is 9.46 Å². The van der Waals surface area contributed by atoms with E-state index in [1.165, 1.54) is 53.4 Å². The molecule has 0 saturated heterocycles. The lowest BCUT2D eigenvalue weighted by atomic mass is 9.99. The van der Waals surface area contributed by atoms with Crippen LogP contribution >= 0.6 is 11.6 Å². The molecule has 0 spiro atoms. The van der Waals surface area contributed by atoms with E-state index in [0.29, 0.717) is 24.2 Å². The standard InChI is InChI=1S/C22H25ClN6O4S/c1-13-18(11-28(2)25-13)34(31,32)27-22(30)16-7-8-19(24-21(16)23)29-10-9-20(26-29)33-12-17(14-3-4-14)15-5-6-15/h7-11,14-15,17H,3-6,12H2,1-2H3,(H,27,30). The molecule has 2 fully saturated rings. The van der Waals surface area contributed by atoms with Gasteiger partial charge in [-0.25, -0.2) is 22.8 Å². The first-order valence-corrected chi connectivity index (χ1v) is 13.0. The van der Waals surface area contributed by atoms with Gasteiger partial charge in [-0.3, -0.25) is 9.48 Å². The molecule has 3 aromatic rings. The summed E-state index contributed by atoms with van der Waals surface area (Å²) in [5.74, 6) is 2.19. The Morgan fingerprint density at radius 3 is 2.50 bits per heavy atom. The molecule has 2 aliphatic carbocycles. The Hall–Kier alpha value is -2.92. The Balaban J connectivity index is 1.26. The third kappa shape index (κ3) is 4.80. The molecular weight excluding hydrogens is 480 g/mol. The number of ether oxygens (including phenoxy) is 1. The predicted octanol–water partition coefficient (Wildman–Crippen LogP) is 2.90. The monoisotopic (exact) mass is 504 g/mol. The van der Waals surface area contributed by atoms with Crippen LogP contribution in [-0.4, -0.2) is 45.5 Å². The number of hydrogen-bond acceptors (Lipinski definition) is 7.